The fourth-order valence-electron chi connectivity index (χ4n) is 4.53. The van der Waals surface area contributed by atoms with Crippen molar-refractivity contribution in [1.29, 1.82) is 5.26 Å². The smallest absolute Gasteiger partial charge is 0.251 e. The maximum atomic E-state index is 12.7. The van der Waals surface area contributed by atoms with Gasteiger partial charge >= 0.3 is 0 Å². The molecule has 8 heteroatoms. The van der Waals surface area contributed by atoms with E-state index in [0.717, 1.165) is 37.4 Å². The van der Waals surface area contributed by atoms with Crippen LogP contribution in [0.5, 0.6) is 0 Å². The number of carbonyl (C=O) groups excluding carboxylic acids is 1. The number of nitriles is 1. The van der Waals surface area contributed by atoms with Gasteiger partial charge in [0.2, 0.25) is 0 Å². The molecule has 1 saturated heterocycles. The van der Waals surface area contributed by atoms with E-state index in [0.29, 0.717) is 30.7 Å². The van der Waals surface area contributed by atoms with Crippen molar-refractivity contribution in [3.05, 3.63) is 95.8 Å². The van der Waals surface area contributed by atoms with Crippen LogP contribution in [0.1, 0.15) is 21.5 Å². The summed E-state index contributed by atoms with van der Waals surface area (Å²) < 4.78 is 5.88. The van der Waals surface area contributed by atoms with E-state index in [-0.39, 0.29) is 18.6 Å². The monoisotopic (exact) mass is 499 g/mol. The zero-order chi connectivity index (χ0) is 25.9. The molecule has 3 aromatic rings. The number of carbonyl (C=O) groups is 1. The number of hydrogen-bond acceptors (Lipinski definition) is 7. The number of para-hydroxylation sites is 1. The summed E-state index contributed by atoms with van der Waals surface area (Å²) in [6.45, 7) is 4.19. The van der Waals surface area contributed by atoms with Crippen LogP contribution < -0.4 is 10.2 Å². The Balaban J connectivity index is 1.24. The van der Waals surface area contributed by atoms with Crippen LogP contribution in [0.3, 0.4) is 0 Å². The highest BCUT2D eigenvalue weighted by Crippen LogP contribution is 2.21. The number of aromatic nitrogens is 1. The summed E-state index contributed by atoms with van der Waals surface area (Å²) in [5, 5.41) is 23.0. The fourth-order valence-corrected chi connectivity index (χ4v) is 4.53. The lowest BCUT2D eigenvalue weighted by Gasteiger charge is -2.37. The van der Waals surface area contributed by atoms with Crippen molar-refractivity contribution in [1.82, 2.24) is 15.2 Å². The van der Waals surface area contributed by atoms with Gasteiger partial charge in [-0.15, -0.1) is 0 Å². The number of rotatable bonds is 11. The third-order valence-electron chi connectivity index (χ3n) is 6.44. The van der Waals surface area contributed by atoms with Gasteiger partial charge < -0.3 is 20.1 Å². The van der Waals surface area contributed by atoms with Gasteiger partial charge in [0.05, 0.1) is 36.6 Å². The van der Waals surface area contributed by atoms with Crippen molar-refractivity contribution in [2.24, 2.45) is 0 Å². The molecule has 8 nitrogen and oxygen atoms in total. The molecule has 192 valence electrons. The number of nitrogens with zero attached hydrogens (tertiary/aromatic N) is 4. The molecule has 1 fully saturated rings. The number of benzene rings is 2. The summed E-state index contributed by atoms with van der Waals surface area (Å²) in [6, 6.07) is 23.0. The lowest BCUT2D eigenvalue weighted by Crippen LogP contribution is -2.49. The number of anilines is 1. The number of pyridine rings is 1. The van der Waals surface area contributed by atoms with E-state index in [9.17, 15) is 15.2 Å². The number of aliphatic hydroxyl groups is 1. The molecule has 4 rings (SSSR count). The first-order chi connectivity index (χ1) is 18.1. The molecule has 1 amide bonds. The number of β-amino-alcohol motifs (C(OH)–C–C–N with tert-alkyl or cyclic N) is 1. The quantitative estimate of drug-likeness (QED) is 0.418. The minimum absolute atomic E-state index is 0.177. The van der Waals surface area contributed by atoms with Gasteiger partial charge in [0, 0.05) is 50.7 Å². The van der Waals surface area contributed by atoms with E-state index >= 15 is 0 Å². The number of amides is 1. The minimum atomic E-state index is -0.633. The van der Waals surface area contributed by atoms with Crippen molar-refractivity contribution < 1.29 is 14.6 Å². The van der Waals surface area contributed by atoms with Crippen LogP contribution in [0, 0.1) is 11.3 Å². The van der Waals surface area contributed by atoms with Crippen LogP contribution in [0.2, 0.25) is 0 Å². The van der Waals surface area contributed by atoms with Crippen LogP contribution in [0.25, 0.3) is 0 Å². The molecule has 0 bridgehead atoms. The number of ether oxygens (including phenoxy) is 1. The Morgan fingerprint density at radius 2 is 1.70 bits per heavy atom. The Labute approximate surface area is 218 Å². The third-order valence-corrected chi connectivity index (χ3v) is 6.44. The predicted molar refractivity (Wildman–Crippen MR) is 142 cm³/mol. The summed E-state index contributed by atoms with van der Waals surface area (Å²) in [7, 11) is 0. The van der Waals surface area contributed by atoms with E-state index in [1.54, 1.807) is 24.5 Å². The van der Waals surface area contributed by atoms with Crippen LogP contribution in [-0.4, -0.2) is 79.0 Å². The van der Waals surface area contributed by atoms with E-state index in [4.69, 9.17) is 4.74 Å². The molecule has 1 aliphatic heterocycles. The highest BCUT2D eigenvalue weighted by Gasteiger charge is 2.22. The lowest BCUT2D eigenvalue weighted by molar-refractivity contribution is 0.00896. The molecule has 0 unspecified atom stereocenters. The Morgan fingerprint density at radius 3 is 2.43 bits per heavy atom. The third kappa shape index (κ3) is 7.86. The summed E-state index contributed by atoms with van der Waals surface area (Å²) in [5.74, 6) is -0.177. The molecule has 2 aromatic carbocycles. The Kier molecular flexibility index (Phi) is 9.60. The Hall–Kier alpha value is -3.77. The standard InChI is InChI=1S/C29H33N5O3/c30-19-25-8-4-5-9-28(25)34-16-14-33(15-17-34)20-27(35)22-37-21-26(18-23-6-2-1-3-7-23)32-29(36)24-10-12-31-13-11-24/h1-13,26-27,35H,14-18,20-22H2,(H,32,36)/t26-,27-/m0/s1. The fraction of sp³-hybridized carbons (Fsp3) is 0.345. The summed E-state index contributed by atoms with van der Waals surface area (Å²) >= 11 is 0. The van der Waals surface area contributed by atoms with Gasteiger partial charge in [0.15, 0.2) is 0 Å². The van der Waals surface area contributed by atoms with Gasteiger partial charge in [-0.05, 0) is 36.2 Å². The van der Waals surface area contributed by atoms with E-state index in [1.165, 1.54) is 0 Å². The second kappa shape index (κ2) is 13.5. The number of hydrogen-bond donors (Lipinski definition) is 2. The topological polar surface area (TPSA) is 102 Å². The zero-order valence-corrected chi connectivity index (χ0v) is 20.9. The number of piperazine rings is 1. The van der Waals surface area contributed by atoms with Crippen LogP contribution in [-0.2, 0) is 11.2 Å². The Bertz CT molecular complexity index is 1160. The van der Waals surface area contributed by atoms with Crippen molar-refractivity contribution in [3.63, 3.8) is 0 Å². The summed E-state index contributed by atoms with van der Waals surface area (Å²) in [6.07, 6.45) is 3.18. The van der Waals surface area contributed by atoms with Crippen molar-refractivity contribution in [2.45, 2.75) is 18.6 Å². The predicted octanol–water partition coefficient (Wildman–Crippen LogP) is 2.49. The Morgan fingerprint density at radius 1 is 1.00 bits per heavy atom. The molecule has 2 heterocycles. The first-order valence-corrected chi connectivity index (χ1v) is 12.6. The SMILES string of the molecule is N#Cc1ccccc1N1CCN(C[C@H](O)COC[C@H](Cc2ccccc2)NC(=O)c2ccncc2)CC1. The highest BCUT2D eigenvalue weighted by molar-refractivity contribution is 5.94. The first-order valence-electron chi connectivity index (χ1n) is 12.6. The molecule has 37 heavy (non-hydrogen) atoms. The van der Waals surface area contributed by atoms with Crippen molar-refractivity contribution in [2.75, 3.05) is 50.8 Å². The van der Waals surface area contributed by atoms with Gasteiger partial charge in [-0.1, -0.05) is 42.5 Å². The van der Waals surface area contributed by atoms with Crippen molar-refractivity contribution in [3.8, 4) is 6.07 Å². The normalized spacial score (nSPS) is 15.5. The number of aliphatic hydroxyl groups excluding tert-OH is 1. The molecule has 0 saturated carbocycles. The largest absolute Gasteiger partial charge is 0.389 e. The molecule has 1 aliphatic rings. The van der Waals surface area contributed by atoms with E-state index in [1.807, 2.05) is 54.6 Å². The molecular weight excluding hydrogens is 466 g/mol. The lowest BCUT2D eigenvalue weighted by atomic mass is 10.1. The second-order valence-corrected chi connectivity index (χ2v) is 9.20. The minimum Gasteiger partial charge on any atom is -0.389 e. The average molecular weight is 500 g/mol. The number of nitrogens with one attached hydrogen (secondary N) is 1. The van der Waals surface area contributed by atoms with Gasteiger partial charge in [0.1, 0.15) is 6.07 Å². The highest BCUT2D eigenvalue weighted by atomic mass is 16.5. The van der Waals surface area contributed by atoms with Crippen LogP contribution in [0.4, 0.5) is 5.69 Å². The van der Waals surface area contributed by atoms with E-state index < -0.39 is 6.10 Å². The first kappa shape index (κ1) is 26.3. The molecule has 2 atom stereocenters. The summed E-state index contributed by atoms with van der Waals surface area (Å²) in [5.41, 5.74) is 3.30. The van der Waals surface area contributed by atoms with Gasteiger partial charge in [-0.2, -0.15) is 5.26 Å². The average Bonchev–Trinajstić information content (AvgIpc) is 2.94. The van der Waals surface area contributed by atoms with Gasteiger partial charge in [0.25, 0.3) is 5.91 Å². The maximum Gasteiger partial charge on any atom is 0.251 e. The second-order valence-electron chi connectivity index (χ2n) is 9.20. The molecule has 1 aromatic heterocycles. The van der Waals surface area contributed by atoms with E-state index in [2.05, 4.69) is 26.2 Å². The van der Waals surface area contributed by atoms with Gasteiger partial charge in [-0.3, -0.25) is 14.7 Å². The molecule has 2 N–H and O–H groups in total. The molecular formula is C29H33N5O3. The van der Waals surface area contributed by atoms with Crippen molar-refractivity contribution >= 4 is 11.6 Å². The van der Waals surface area contributed by atoms with Gasteiger partial charge in [-0.25, -0.2) is 0 Å². The van der Waals surface area contributed by atoms with Crippen LogP contribution >= 0.6 is 0 Å². The maximum absolute atomic E-state index is 12.7. The summed E-state index contributed by atoms with van der Waals surface area (Å²) in [4.78, 5) is 21.1. The molecule has 0 spiro atoms. The zero-order valence-electron chi connectivity index (χ0n) is 20.9. The van der Waals surface area contributed by atoms with Crippen LogP contribution in [0.15, 0.2) is 79.1 Å². The molecule has 0 aliphatic carbocycles. The molecule has 0 radical (unpaired) electrons.